The fraction of sp³-hybridized carbons (Fsp3) is 0.312. The van der Waals surface area contributed by atoms with E-state index in [1.165, 1.54) is 5.56 Å². The standard InChI is InChI=1S/C16H18ClNO2S/c1-3-20-16-15(19-2)10-14(11-18-16)21-9-8-12-4-6-13(17)7-5-12/h4-7,10-11H,3,8-9H2,1-2H3. The highest BCUT2D eigenvalue weighted by atomic mass is 35.5. The highest BCUT2D eigenvalue weighted by Crippen LogP contribution is 2.30. The summed E-state index contributed by atoms with van der Waals surface area (Å²) in [6, 6.07) is 9.91. The van der Waals surface area contributed by atoms with Crippen molar-refractivity contribution in [2.24, 2.45) is 0 Å². The summed E-state index contributed by atoms with van der Waals surface area (Å²) in [7, 11) is 1.63. The predicted molar refractivity (Wildman–Crippen MR) is 87.8 cm³/mol. The molecular weight excluding hydrogens is 306 g/mol. The molecule has 5 heteroatoms. The van der Waals surface area contributed by atoms with Gasteiger partial charge < -0.3 is 9.47 Å². The minimum Gasteiger partial charge on any atom is -0.491 e. The first-order valence-electron chi connectivity index (χ1n) is 6.77. The van der Waals surface area contributed by atoms with Gasteiger partial charge in [0, 0.05) is 27.9 Å². The van der Waals surface area contributed by atoms with Gasteiger partial charge in [0.15, 0.2) is 5.75 Å². The summed E-state index contributed by atoms with van der Waals surface area (Å²) in [4.78, 5) is 5.36. The van der Waals surface area contributed by atoms with E-state index in [0.29, 0.717) is 18.2 Å². The number of hydrogen-bond acceptors (Lipinski definition) is 4. The summed E-state index contributed by atoms with van der Waals surface area (Å²) in [5, 5.41) is 0.770. The van der Waals surface area contributed by atoms with Crippen molar-refractivity contribution in [3.63, 3.8) is 0 Å². The average molecular weight is 324 g/mol. The first-order valence-corrected chi connectivity index (χ1v) is 8.13. The number of hydrogen-bond donors (Lipinski definition) is 0. The van der Waals surface area contributed by atoms with Crippen molar-refractivity contribution in [2.75, 3.05) is 19.5 Å². The van der Waals surface area contributed by atoms with Crippen molar-refractivity contribution < 1.29 is 9.47 Å². The Balaban J connectivity index is 1.92. The Hall–Kier alpha value is -1.39. The molecule has 2 rings (SSSR count). The van der Waals surface area contributed by atoms with Crippen molar-refractivity contribution in [3.8, 4) is 11.6 Å². The van der Waals surface area contributed by atoms with E-state index in [2.05, 4.69) is 17.1 Å². The van der Waals surface area contributed by atoms with Crippen LogP contribution in [0.1, 0.15) is 12.5 Å². The number of aryl methyl sites for hydroxylation is 1. The van der Waals surface area contributed by atoms with Crippen LogP contribution in [-0.2, 0) is 6.42 Å². The summed E-state index contributed by atoms with van der Waals surface area (Å²) in [6.45, 7) is 2.50. The number of benzene rings is 1. The monoisotopic (exact) mass is 323 g/mol. The number of methoxy groups -OCH3 is 1. The number of thioether (sulfide) groups is 1. The number of halogens is 1. The Morgan fingerprint density at radius 3 is 2.67 bits per heavy atom. The summed E-state index contributed by atoms with van der Waals surface area (Å²) < 4.78 is 10.7. The lowest BCUT2D eigenvalue weighted by molar-refractivity contribution is 0.297. The molecule has 0 saturated heterocycles. The van der Waals surface area contributed by atoms with Crippen LogP contribution in [0.3, 0.4) is 0 Å². The molecule has 0 aliphatic carbocycles. The average Bonchev–Trinajstić information content (AvgIpc) is 2.51. The third kappa shape index (κ3) is 4.83. The fourth-order valence-corrected chi connectivity index (χ4v) is 2.84. The van der Waals surface area contributed by atoms with Gasteiger partial charge in [-0.15, -0.1) is 11.8 Å². The van der Waals surface area contributed by atoms with Gasteiger partial charge in [-0.3, -0.25) is 0 Å². The van der Waals surface area contributed by atoms with E-state index in [-0.39, 0.29) is 0 Å². The van der Waals surface area contributed by atoms with Crippen molar-refractivity contribution in [3.05, 3.63) is 47.1 Å². The van der Waals surface area contributed by atoms with Crippen LogP contribution in [0.4, 0.5) is 0 Å². The molecule has 0 spiro atoms. The van der Waals surface area contributed by atoms with Gasteiger partial charge >= 0.3 is 0 Å². The second-order valence-electron chi connectivity index (χ2n) is 4.34. The maximum absolute atomic E-state index is 5.88. The Labute approximate surface area is 134 Å². The van der Waals surface area contributed by atoms with Gasteiger partial charge in [0.1, 0.15) is 0 Å². The number of pyridine rings is 1. The molecule has 0 aliphatic heterocycles. The van der Waals surface area contributed by atoms with Crippen molar-refractivity contribution in [1.82, 2.24) is 4.98 Å². The minimum absolute atomic E-state index is 0.544. The molecule has 0 radical (unpaired) electrons. The molecule has 2 aromatic rings. The van der Waals surface area contributed by atoms with E-state index in [1.54, 1.807) is 18.9 Å². The lowest BCUT2D eigenvalue weighted by Crippen LogP contribution is -1.98. The SMILES string of the molecule is CCOc1ncc(SCCc2ccc(Cl)cc2)cc1OC. The molecule has 0 unspecified atom stereocenters. The van der Waals surface area contributed by atoms with E-state index in [4.69, 9.17) is 21.1 Å². The number of ether oxygens (including phenoxy) is 2. The van der Waals surface area contributed by atoms with E-state index < -0.39 is 0 Å². The smallest absolute Gasteiger partial charge is 0.257 e. The zero-order valence-electron chi connectivity index (χ0n) is 12.1. The van der Waals surface area contributed by atoms with Gasteiger partial charge in [0.25, 0.3) is 5.88 Å². The molecule has 1 aromatic heterocycles. The zero-order valence-corrected chi connectivity index (χ0v) is 13.7. The van der Waals surface area contributed by atoms with Gasteiger partial charge in [-0.25, -0.2) is 4.98 Å². The molecule has 0 bridgehead atoms. The quantitative estimate of drug-likeness (QED) is 0.703. The van der Waals surface area contributed by atoms with E-state index in [1.807, 2.05) is 31.3 Å². The third-order valence-electron chi connectivity index (χ3n) is 2.87. The van der Waals surface area contributed by atoms with Gasteiger partial charge in [-0.2, -0.15) is 0 Å². The predicted octanol–water partition coefficient (Wildman–Crippen LogP) is 4.48. The normalized spacial score (nSPS) is 10.4. The van der Waals surface area contributed by atoms with Crippen LogP contribution in [0, 0.1) is 0 Å². The van der Waals surface area contributed by atoms with Gasteiger partial charge in [0.2, 0.25) is 0 Å². The van der Waals surface area contributed by atoms with Gasteiger partial charge in [-0.1, -0.05) is 23.7 Å². The molecule has 0 amide bonds. The summed E-state index contributed by atoms with van der Waals surface area (Å²) in [5.41, 5.74) is 1.28. The molecule has 21 heavy (non-hydrogen) atoms. The summed E-state index contributed by atoms with van der Waals surface area (Å²) in [6.07, 6.45) is 2.80. The number of nitrogens with zero attached hydrogens (tertiary/aromatic N) is 1. The second-order valence-corrected chi connectivity index (χ2v) is 5.94. The third-order valence-corrected chi connectivity index (χ3v) is 4.08. The molecular formula is C16H18ClNO2S. The fourth-order valence-electron chi connectivity index (χ4n) is 1.82. The first-order chi connectivity index (χ1) is 10.2. The van der Waals surface area contributed by atoms with E-state index in [9.17, 15) is 0 Å². The molecule has 1 aromatic carbocycles. The molecule has 0 atom stereocenters. The second kappa shape index (κ2) is 8.15. The zero-order chi connectivity index (χ0) is 15.1. The molecule has 112 valence electrons. The largest absolute Gasteiger partial charge is 0.491 e. The maximum atomic E-state index is 5.88. The van der Waals surface area contributed by atoms with Crippen molar-refractivity contribution in [2.45, 2.75) is 18.2 Å². The molecule has 0 aliphatic rings. The molecule has 0 fully saturated rings. The topological polar surface area (TPSA) is 31.4 Å². The minimum atomic E-state index is 0.544. The lowest BCUT2D eigenvalue weighted by Gasteiger charge is -2.09. The Bertz CT molecular complexity index is 575. The van der Waals surface area contributed by atoms with Crippen LogP contribution in [-0.4, -0.2) is 24.5 Å². The number of aromatic nitrogens is 1. The van der Waals surface area contributed by atoms with Gasteiger partial charge in [0.05, 0.1) is 13.7 Å². The molecule has 1 heterocycles. The Morgan fingerprint density at radius 1 is 1.24 bits per heavy atom. The maximum Gasteiger partial charge on any atom is 0.257 e. The molecule has 0 N–H and O–H groups in total. The van der Waals surface area contributed by atoms with Crippen LogP contribution in [0.2, 0.25) is 5.02 Å². The van der Waals surface area contributed by atoms with Crippen LogP contribution >= 0.6 is 23.4 Å². The summed E-state index contributed by atoms with van der Waals surface area (Å²) >= 11 is 7.62. The highest BCUT2D eigenvalue weighted by Gasteiger charge is 2.07. The van der Waals surface area contributed by atoms with E-state index >= 15 is 0 Å². The Kier molecular flexibility index (Phi) is 6.21. The van der Waals surface area contributed by atoms with E-state index in [0.717, 1.165) is 22.1 Å². The summed E-state index contributed by atoms with van der Waals surface area (Å²) in [5.74, 6) is 2.19. The lowest BCUT2D eigenvalue weighted by atomic mass is 10.2. The molecule has 3 nitrogen and oxygen atoms in total. The Morgan fingerprint density at radius 2 is 2.00 bits per heavy atom. The van der Waals surface area contributed by atoms with Crippen LogP contribution in [0.15, 0.2) is 41.4 Å². The van der Waals surface area contributed by atoms with Crippen LogP contribution in [0.5, 0.6) is 11.6 Å². The van der Waals surface area contributed by atoms with Crippen molar-refractivity contribution in [1.29, 1.82) is 0 Å². The van der Waals surface area contributed by atoms with Crippen molar-refractivity contribution >= 4 is 23.4 Å². The molecule has 0 saturated carbocycles. The van der Waals surface area contributed by atoms with Crippen LogP contribution < -0.4 is 9.47 Å². The van der Waals surface area contributed by atoms with Crippen LogP contribution in [0.25, 0.3) is 0 Å². The van der Waals surface area contributed by atoms with Gasteiger partial charge in [-0.05, 0) is 31.0 Å². The first kappa shape index (κ1) is 16.0. The highest BCUT2D eigenvalue weighted by molar-refractivity contribution is 7.99. The number of rotatable bonds is 7.